The van der Waals surface area contributed by atoms with Crippen LogP contribution >= 0.6 is 11.3 Å². The molecule has 0 aliphatic heterocycles. The van der Waals surface area contributed by atoms with Crippen LogP contribution < -0.4 is 5.73 Å². The molecule has 0 atom stereocenters. The SMILES string of the molecule is Cc1nc(CC2CCCCC2)c(N)s1. The fourth-order valence-electron chi connectivity index (χ4n) is 2.30. The molecule has 1 aliphatic carbocycles. The zero-order valence-electron chi connectivity index (χ0n) is 8.75. The first-order valence-corrected chi connectivity index (χ1v) is 6.29. The van der Waals surface area contributed by atoms with Crippen LogP contribution in [0.15, 0.2) is 0 Å². The van der Waals surface area contributed by atoms with Gasteiger partial charge in [-0.1, -0.05) is 32.1 Å². The third-order valence-corrected chi connectivity index (χ3v) is 3.88. The van der Waals surface area contributed by atoms with E-state index in [9.17, 15) is 0 Å². The lowest BCUT2D eigenvalue weighted by Crippen LogP contribution is -2.10. The Bertz CT molecular complexity index is 300. The van der Waals surface area contributed by atoms with Crippen molar-refractivity contribution in [2.24, 2.45) is 5.92 Å². The number of nitrogens with zero attached hydrogens (tertiary/aromatic N) is 1. The van der Waals surface area contributed by atoms with Crippen LogP contribution in [0.3, 0.4) is 0 Å². The van der Waals surface area contributed by atoms with Gasteiger partial charge in [-0.05, 0) is 19.3 Å². The molecule has 0 unspecified atom stereocenters. The summed E-state index contributed by atoms with van der Waals surface area (Å²) >= 11 is 1.62. The number of aromatic nitrogens is 1. The minimum Gasteiger partial charge on any atom is -0.389 e. The highest BCUT2D eigenvalue weighted by molar-refractivity contribution is 7.15. The van der Waals surface area contributed by atoms with Gasteiger partial charge in [-0.3, -0.25) is 0 Å². The molecule has 0 saturated heterocycles. The number of hydrogen-bond donors (Lipinski definition) is 1. The maximum absolute atomic E-state index is 5.91. The van der Waals surface area contributed by atoms with E-state index in [4.69, 9.17) is 5.73 Å². The summed E-state index contributed by atoms with van der Waals surface area (Å²) in [5.74, 6) is 0.840. The Morgan fingerprint density at radius 3 is 2.64 bits per heavy atom. The van der Waals surface area contributed by atoms with E-state index in [0.717, 1.165) is 28.0 Å². The lowest BCUT2D eigenvalue weighted by Gasteiger charge is -2.20. The van der Waals surface area contributed by atoms with E-state index in [1.54, 1.807) is 11.3 Å². The van der Waals surface area contributed by atoms with Crippen molar-refractivity contribution >= 4 is 16.3 Å². The quantitative estimate of drug-likeness (QED) is 0.814. The Balaban J connectivity index is 1.98. The average Bonchev–Trinajstić information content (AvgIpc) is 2.47. The van der Waals surface area contributed by atoms with E-state index < -0.39 is 0 Å². The van der Waals surface area contributed by atoms with Crippen molar-refractivity contribution < 1.29 is 0 Å². The molecule has 1 heterocycles. The molecule has 0 radical (unpaired) electrons. The summed E-state index contributed by atoms with van der Waals surface area (Å²) in [6.07, 6.45) is 8.06. The molecule has 1 aromatic rings. The van der Waals surface area contributed by atoms with Crippen LogP contribution in [-0.2, 0) is 6.42 Å². The van der Waals surface area contributed by atoms with Gasteiger partial charge >= 0.3 is 0 Å². The van der Waals surface area contributed by atoms with E-state index in [-0.39, 0.29) is 0 Å². The van der Waals surface area contributed by atoms with Crippen molar-refractivity contribution in [2.45, 2.75) is 45.4 Å². The first-order chi connectivity index (χ1) is 6.75. The molecule has 0 bridgehead atoms. The molecule has 3 heteroatoms. The molecule has 1 fully saturated rings. The molecule has 2 N–H and O–H groups in total. The van der Waals surface area contributed by atoms with Gasteiger partial charge in [0.1, 0.15) is 5.00 Å². The van der Waals surface area contributed by atoms with E-state index in [1.807, 2.05) is 6.92 Å². The lowest BCUT2D eigenvalue weighted by molar-refractivity contribution is 0.355. The van der Waals surface area contributed by atoms with Gasteiger partial charge in [-0.2, -0.15) is 0 Å². The monoisotopic (exact) mass is 210 g/mol. The normalized spacial score (nSPS) is 18.6. The highest BCUT2D eigenvalue weighted by Gasteiger charge is 2.16. The summed E-state index contributed by atoms with van der Waals surface area (Å²) in [6.45, 7) is 2.03. The van der Waals surface area contributed by atoms with Gasteiger partial charge in [-0.25, -0.2) is 4.98 Å². The van der Waals surface area contributed by atoms with Gasteiger partial charge in [-0.15, -0.1) is 11.3 Å². The van der Waals surface area contributed by atoms with Crippen LogP contribution in [0, 0.1) is 12.8 Å². The average molecular weight is 210 g/mol. The maximum Gasteiger partial charge on any atom is 0.109 e. The molecule has 2 rings (SSSR count). The molecule has 1 aromatic heterocycles. The second kappa shape index (κ2) is 4.30. The van der Waals surface area contributed by atoms with Crippen LogP contribution in [0.4, 0.5) is 5.00 Å². The molecular formula is C11H18N2S. The Morgan fingerprint density at radius 1 is 1.36 bits per heavy atom. The van der Waals surface area contributed by atoms with E-state index >= 15 is 0 Å². The van der Waals surface area contributed by atoms with Gasteiger partial charge < -0.3 is 5.73 Å². The first-order valence-electron chi connectivity index (χ1n) is 5.47. The van der Waals surface area contributed by atoms with E-state index in [0.29, 0.717) is 0 Å². The number of nitrogens with two attached hydrogens (primary N) is 1. The second-order valence-corrected chi connectivity index (χ2v) is 5.49. The third-order valence-electron chi connectivity index (χ3n) is 3.04. The first kappa shape index (κ1) is 9.97. The van der Waals surface area contributed by atoms with Gasteiger partial charge in [0, 0.05) is 0 Å². The Morgan fingerprint density at radius 2 is 2.07 bits per heavy atom. The zero-order chi connectivity index (χ0) is 9.97. The predicted octanol–water partition coefficient (Wildman–Crippen LogP) is 3.16. The smallest absolute Gasteiger partial charge is 0.109 e. The van der Waals surface area contributed by atoms with Gasteiger partial charge in [0.15, 0.2) is 0 Å². The Hall–Kier alpha value is -0.570. The van der Waals surface area contributed by atoms with E-state index in [1.165, 1.54) is 32.1 Å². The van der Waals surface area contributed by atoms with Gasteiger partial charge in [0.25, 0.3) is 0 Å². The molecule has 0 amide bonds. The van der Waals surface area contributed by atoms with Gasteiger partial charge in [0.2, 0.25) is 0 Å². The van der Waals surface area contributed by atoms with Crippen LogP contribution in [-0.4, -0.2) is 4.98 Å². The van der Waals surface area contributed by atoms with Crippen molar-refractivity contribution in [2.75, 3.05) is 5.73 Å². The summed E-state index contributed by atoms with van der Waals surface area (Å²) in [6, 6.07) is 0. The molecule has 2 nitrogen and oxygen atoms in total. The van der Waals surface area contributed by atoms with Crippen molar-refractivity contribution in [1.82, 2.24) is 4.98 Å². The summed E-state index contributed by atoms with van der Waals surface area (Å²) in [4.78, 5) is 4.50. The molecule has 14 heavy (non-hydrogen) atoms. The van der Waals surface area contributed by atoms with Crippen molar-refractivity contribution in [1.29, 1.82) is 0 Å². The molecule has 1 saturated carbocycles. The molecule has 0 spiro atoms. The van der Waals surface area contributed by atoms with Crippen LogP contribution in [0.2, 0.25) is 0 Å². The summed E-state index contributed by atoms with van der Waals surface area (Å²) in [7, 11) is 0. The van der Waals surface area contributed by atoms with E-state index in [2.05, 4.69) is 4.98 Å². The molecule has 0 aromatic carbocycles. The zero-order valence-corrected chi connectivity index (χ0v) is 9.57. The topological polar surface area (TPSA) is 38.9 Å². The van der Waals surface area contributed by atoms with Crippen molar-refractivity contribution in [3.63, 3.8) is 0 Å². The minimum absolute atomic E-state index is 0.840. The largest absolute Gasteiger partial charge is 0.389 e. The molecular weight excluding hydrogens is 192 g/mol. The highest BCUT2D eigenvalue weighted by atomic mass is 32.1. The number of hydrogen-bond acceptors (Lipinski definition) is 3. The predicted molar refractivity (Wildman–Crippen MR) is 61.5 cm³/mol. The Labute approximate surface area is 89.5 Å². The number of aryl methyl sites for hydroxylation is 1. The van der Waals surface area contributed by atoms with Crippen LogP contribution in [0.1, 0.15) is 42.8 Å². The standard InChI is InChI=1S/C11H18N2S/c1-8-13-10(11(12)14-8)7-9-5-3-2-4-6-9/h9H,2-7,12H2,1H3. The van der Waals surface area contributed by atoms with Crippen LogP contribution in [0.5, 0.6) is 0 Å². The fraction of sp³-hybridized carbons (Fsp3) is 0.727. The maximum atomic E-state index is 5.91. The number of nitrogen functional groups attached to an aromatic ring is 1. The second-order valence-electron chi connectivity index (χ2n) is 4.25. The number of thiazole rings is 1. The van der Waals surface area contributed by atoms with Crippen molar-refractivity contribution in [3.05, 3.63) is 10.7 Å². The van der Waals surface area contributed by atoms with Crippen molar-refractivity contribution in [3.8, 4) is 0 Å². The Kier molecular flexibility index (Phi) is 3.06. The van der Waals surface area contributed by atoms with Crippen LogP contribution in [0.25, 0.3) is 0 Å². The summed E-state index contributed by atoms with van der Waals surface area (Å²) < 4.78 is 0. The minimum atomic E-state index is 0.840. The molecule has 78 valence electrons. The third kappa shape index (κ3) is 2.27. The summed E-state index contributed by atoms with van der Waals surface area (Å²) in [5, 5.41) is 2.04. The number of rotatable bonds is 2. The van der Waals surface area contributed by atoms with Gasteiger partial charge in [0.05, 0.1) is 10.7 Å². The number of anilines is 1. The fourth-order valence-corrected chi connectivity index (χ4v) is 3.02. The highest BCUT2D eigenvalue weighted by Crippen LogP contribution is 2.30. The lowest BCUT2D eigenvalue weighted by atomic mass is 9.86. The molecule has 1 aliphatic rings. The summed E-state index contributed by atoms with van der Waals surface area (Å²) in [5.41, 5.74) is 7.07.